The van der Waals surface area contributed by atoms with Crippen LogP contribution in [0.1, 0.15) is 101 Å². The molecule has 0 saturated carbocycles. The Morgan fingerprint density at radius 2 is 1.02 bits per heavy atom. The van der Waals surface area contributed by atoms with Crippen molar-refractivity contribution in [1.29, 1.82) is 0 Å². The third-order valence-electron chi connectivity index (χ3n) is 7.87. The van der Waals surface area contributed by atoms with Crippen LogP contribution in [0.15, 0.2) is 72.9 Å². The second kappa shape index (κ2) is 17.5. The van der Waals surface area contributed by atoms with Gasteiger partial charge in [-0.15, -0.1) is 19.7 Å². The van der Waals surface area contributed by atoms with E-state index in [0.29, 0.717) is 19.3 Å². The minimum atomic E-state index is -1.17. The van der Waals surface area contributed by atoms with Crippen molar-refractivity contribution >= 4 is 0 Å². The molecule has 6 nitrogen and oxygen atoms in total. The van der Waals surface area contributed by atoms with Crippen LogP contribution >= 0.6 is 0 Å². The fourth-order valence-electron chi connectivity index (χ4n) is 4.85. The van der Waals surface area contributed by atoms with Gasteiger partial charge in [0.1, 0.15) is 24.4 Å². The van der Waals surface area contributed by atoms with E-state index in [4.69, 9.17) is 18.9 Å². The molecule has 0 aromatic rings. The normalized spacial score (nSPS) is 26.5. The Bertz CT molecular complexity index is 954. The molecule has 1 heterocycles. The molecule has 0 aromatic heterocycles. The Kier molecular flexibility index (Phi) is 15.9. The van der Waals surface area contributed by atoms with Crippen LogP contribution in [-0.4, -0.2) is 64.3 Å². The Morgan fingerprint density at radius 3 is 1.36 bits per heavy atom. The lowest BCUT2D eigenvalue weighted by Crippen LogP contribution is -2.64. The first kappa shape index (κ1) is 38.2. The second-order valence-electron chi connectivity index (χ2n) is 13.0. The van der Waals surface area contributed by atoms with Crippen LogP contribution in [0, 0.1) is 0 Å². The second-order valence-corrected chi connectivity index (χ2v) is 13.0. The monoisotopic (exact) mass is 588 g/mol. The molecule has 2 N–H and O–H groups in total. The number of allylic oxidation sites excluding steroid dienone is 6. The number of hydrogen-bond donors (Lipinski definition) is 2. The van der Waals surface area contributed by atoms with Gasteiger partial charge in [-0.25, -0.2) is 0 Å². The van der Waals surface area contributed by atoms with E-state index >= 15 is 0 Å². The predicted octanol–water partition coefficient (Wildman–Crippen LogP) is 7.92. The molecule has 1 aliphatic heterocycles. The molecule has 8 atom stereocenters. The summed E-state index contributed by atoms with van der Waals surface area (Å²) in [7, 11) is 0. The van der Waals surface area contributed by atoms with Crippen molar-refractivity contribution in [3.05, 3.63) is 72.9 Å². The van der Waals surface area contributed by atoms with Crippen molar-refractivity contribution in [2.75, 3.05) is 6.61 Å². The van der Waals surface area contributed by atoms with Crippen molar-refractivity contribution in [2.24, 2.45) is 0 Å². The molecule has 1 aliphatic rings. The summed E-state index contributed by atoms with van der Waals surface area (Å²) in [4.78, 5) is 0. The van der Waals surface area contributed by atoms with Gasteiger partial charge in [0.05, 0.1) is 23.4 Å². The maximum atomic E-state index is 11.5. The summed E-state index contributed by atoms with van der Waals surface area (Å²) in [6.45, 7) is 30.0. The van der Waals surface area contributed by atoms with E-state index < -0.39 is 54.1 Å². The number of aliphatic hydroxyl groups excluding tert-OH is 2. The quantitative estimate of drug-likeness (QED) is 0.149. The highest BCUT2D eigenvalue weighted by Gasteiger charge is 2.52. The predicted molar refractivity (Wildman–Crippen MR) is 174 cm³/mol. The summed E-state index contributed by atoms with van der Waals surface area (Å²) < 4.78 is 26.4. The molecular weight excluding hydrogens is 528 g/mol. The minimum Gasteiger partial charge on any atom is -0.394 e. The number of ether oxygens (including phenoxy) is 4. The number of aliphatic hydroxyl groups is 2. The summed E-state index contributed by atoms with van der Waals surface area (Å²) in [6, 6.07) is 0. The van der Waals surface area contributed by atoms with E-state index in [1.54, 1.807) is 18.2 Å². The van der Waals surface area contributed by atoms with Gasteiger partial charge in [-0.05, 0) is 101 Å². The van der Waals surface area contributed by atoms with Gasteiger partial charge in [-0.1, -0.05) is 53.2 Å². The molecule has 0 aromatic carbocycles. The summed E-state index contributed by atoms with van der Waals surface area (Å²) in [5.41, 5.74) is 1.36. The maximum absolute atomic E-state index is 11.5. The van der Waals surface area contributed by atoms with E-state index in [1.807, 2.05) is 20.8 Å². The smallest absolute Gasteiger partial charge is 0.188 e. The first-order valence-corrected chi connectivity index (χ1v) is 15.3. The summed E-state index contributed by atoms with van der Waals surface area (Å²) in [6.07, 6.45) is 11.4. The average Bonchev–Trinajstić information content (AvgIpc) is 2.91. The van der Waals surface area contributed by atoms with Gasteiger partial charge in [0, 0.05) is 0 Å². The average molecular weight is 589 g/mol. The van der Waals surface area contributed by atoms with Crippen LogP contribution in [0.2, 0.25) is 0 Å². The van der Waals surface area contributed by atoms with Crippen molar-refractivity contribution in [3.8, 4) is 0 Å². The van der Waals surface area contributed by atoms with Crippen LogP contribution in [-0.2, 0) is 18.9 Å². The van der Waals surface area contributed by atoms with Crippen molar-refractivity contribution in [2.45, 2.75) is 148 Å². The van der Waals surface area contributed by atoms with Crippen molar-refractivity contribution < 1.29 is 29.2 Å². The summed E-state index contributed by atoms with van der Waals surface area (Å²) >= 11 is 0. The van der Waals surface area contributed by atoms with E-state index in [2.05, 4.69) is 79.5 Å². The lowest BCUT2D eigenvalue weighted by atomic mass is 9.92. The lowest BCUT2D eigenvalue weighted by Gasteiger charge is -2.50. The Balaban J connectivity index is 3.57. The molecular formula is C36H60O6. The largest absolute Gasteiger partial charge is 0.394 e. The summed E-state index contributed by atoms with van der Waals surface area (Å²) in [5.74, 6) is 0. The molecule has 0 aliphatic carbocycles. The van der Waals surface area contributed by atoms with Gasteiger partial charge in [-0.3, -0.25) is 0 Å². The van der Waals surface area contributed by atoms with Crippen LogP contribution in [0.5, 0.6) is 0 Å². The fraction of sp³-hybridized carbons (Fsp3) is 0.667. The van der Waals surface area contributed by atoms with E-state index in [9.17, 15) is 10.2 Å². The first-order chi connectivity index (χ1) is 19.6. The molecule has 0 radical (unpaired) electrons. The number of hydrogen-bond acceptors (Lipinski definition) is 6. The fourth-order valence-corrected chi connectivity index (χ4v) is 4.85. The van der Waals surface area contributed by atoms with Gasteiger partial charge in [0.15, 0.2) is 6.29 Å². The SMILES string of the molecule is C=CC(C)(CCC=C(C)C)OC1O[C@H](CO)[C@@H](O)[C@H](OC(C)(C=C)CCC=C(C)C)[C@H]1OC(C)(C=C)CCC=C(C)C. The molecule has 240 valence electrons. The van der Waals surface area contributed by atoms with Crippen molar-refractivity contribution in [3.63, 3.8) is 0 Å². The number of rotatable bonds is 19. The van der Waals surface area contributed by atoms with Gasteiger partial charge >= 0.3 is 0 Å². The van der Waals surface area contributed by atoms with Crippen LogP contribution in [0.3, 0.4) is 0 Å². The van der Waals surface area contributed by atoms with Gasteiger partial charge < -0.3 is 29.2 Å². The maximum Gasteiger partial charge on any atom is 0.188 e. The zero-order valence-electron chi connectivity index (χ0n) is 27.9. The van der Waals surface area contributed by atoms with Gasteiger partial charge in [0.2, 0.25) is 0 Å². The lowest BCUT2D eigenvalue weighted by molar-refractivity contribution is -0.350. The van der Waals surface area contributed by atoms with Crippen LogP contribution in [0.25, 0.3) is 0 Å². The first-order valence-electron chi connectivity index (χ1n) is 15.3. The molecule has 1 fully saturated rings. The molecule has 0 bridgehead atoms. The standard InChI is InChI=1S/C36H60O6/c1-13-34(10,22-16-19-26(4)5)40-31-30(38)29(25-37)39-33(42-36(12,15-3)24-18-21-28(8)9)32(31)41-35(11,14-2)23-17-20-27(6)7/h13-15,19-21,29-33,37-38H,1-3,16-18,22-25H2,4-12H3/t29-,30-,31+,32-,33?,34?,35?,36?/m1/s1. The topological polar surface area (TPSA) is 77.4 Å². The van der Waals surface area contributed by atoms with Crippen LogP contribution < -0.4 is 0 Å². The molecule has 0 amide bonds. The highest BCUT2D eigenvalue weighted by molar-refractivity contribution is 5.06. The Labute approximate surface area is 256 Å². The zero-order chi connectivity index (χ0) is 32.1. The van der Waals surface area contributed by atoms with Crippen molar-refractivity contribution in [1.82, 2.24) is 0 Å². The highest BCUT2D eigenvalue weighted by Crippen LogP contribution is 2.37. The Morgan fingerprint density at radius 1 is 0.667 bits per heavy atom. The van der Waals surface area contributed by atoms with Gasteiger partial charge in [-0.2, -0.15) is 0 Å². The van der Waals surface area contributed by atoms with Gasteiger partial charge in [0.25, 0.3) is 0 Å². The van der Waals surface area contributed by atoms with E-state index in [-0.39, 0.29) is 0 Å². The Hall–Kier alpha value is -1.80. The minimum absolute atomic E-state index is 0.405. The molecule has 4 unspecified atom stereocenters. The third-order valence-corrected chi connectivity index (χ3v) is 7.87. The molecule has 6 heteroatoms. The molecule has 1 rings (SSSR count). The van der Waals surface area contributed by atoms with E-state index in [0.717, 1.165) is 19.3 Å². The molecule has 42 heavy (non-hydrogen) atoms. The third kappa shape index (κ3) is 12.4. The summed E-state index contributed by atoms with van der Waals surface area (Å²) in [5, 5.41) is 21.7. The zero-order valence-corrected chi connectivity index (χ0v) is 27.9. The molecule has 1 saturated heterocycles. The molecule has 0 spiro atoms. The van der Waals surface area contributed by atoms with Crippen LogP contribution in [0.4, 0.5) is 0 Å². The van der Waals surface area contributed by atoms with E-state index in [1.165, 1.54) is 16.7 Å². The highest BCUT2D eigenvalue weighted by atomic mass is 16.7.